The molecule has 1 aliphatic heterocycles. The van der Waals surface area contributed by atoms with Crippen LogP contribution < -0.4 is 10.1 Å². The van der Waals surface area contributed by atoms with Gasteiger partial charge in [0.1, 0.15) is 18.1 Å². The average Bonchev–Trinajstić information content (AvgIpc) is 2.99. The van der Waals surface area contributed by atoms with Crippen molar-refractivity contribution in [3.63, 3.8) is 0 Å². The van der Waals surface area contributed by atoms with E-state index >= 15 is 0 Å². The number of nitrogens with one attached hydrogen (secondary N) is 1. The van der Waals surface area contributed by atoms with E-state index in [0.717, 1.165) is 35.7 Å². The number of hydrogen-bond donors (Lipinski definition) is 1. The maximum Gasteiger partial charge on any atom is 0.251 e. The molecule has 5 nitrogen and oxygen atoms in total. The molecule has 0 saturated carbocycles. The topological polar surface area (TPSA) is 64.1 Å². The monoisotopic (exact) mass is 349 g/mol. The first-order chi connectivity index (χ1) is 11.2. The van der Waals surface area contributed by atoms with Gasteiger partial charge in [-0.3, -0.25) is 4.79 Å². The van der Waals surface area contributed by atoms with E-state index in [1.807, 2.05) is 36.9 Å². The molecular weight excluding hydrogens is 330 g/mol. The largest absolute Gasteiger partial charge is 0.487 e. The van der Waals surface area contributed by atoms with Gasteiger partial charge >= 0.3 is 0 Å². The molecular formula is C16H19N3O2S2. The molecule has 3 rings (SSSR count). The summed E-state index contributed by atoms with van der Waals surface area (Å²) in [5, 5.41) is 3.11. The van der Waals surface area contributed by atoms with Crippen molar-refractivity contribution in [1.29, 1.82) is 0 Å². The van der Waals surface area contributed by atoms with Gasteiger partial charge in [-0.1, -0.05) is 6.07 Å². The van der Waals surface area contributed by atoms with Gasteiger partial charge in [0.2, 0.25) is 0 Å². The Hall–Kier alpha value is -1.60. The molecule has 2 aromatic rings. The number of rotatable bonds is 5. The lowest BCUT2D eigenvalue weighted by Crippen LogP contribution is -2.37. The van der Waals surface area contributed by atoms with E-state index in [4.69, 9.17) is 4.74 Å². The Morgan fingerprint density at radius 1 is 1.35 bits per heavy atom. The van der Waals surface area contributed by atoms with E-state index in [9.17, 15) is 4.79 Å². The van der Waals surface area contributed by atoms with Gasteiger partial charge in [-0.2, -0.15) is 20.5 Å². The number of aryl methyl sites for hydroxylation is 1. The molecule has 1 aromatic carbocycles. The molecule has 2 heterocycles. The first-order valence-electron chi connectivity index (χ1n) is 7.62. The zero-order chi connectivity index (χ0) is 16.1. The Balaban J connectivity index is 1.60. The fourth-order valence-electron chi connectivity index (χ4n) is 2.37. The smallest absolute Gasteiger partial charge is 0.251 e. The maximum absolute atomic E-state index is 12.4. The van der Waals surface area contributed by atoms with Gasteiger partial charge in [0, 0.05) is 11.6 Å². The van der Waals surface area contributed by atoms with Crippen LogP contribution in [0.15, 0.2) is 24.3 Å². The second kappa shape index (κ2) is 7.79. The number of ether oxygens (including phenoxy) is 1. The van der Waals surface area contributed by atoms with Gasteiger partial charge in [0.05, 0.1) is 17.4 Å². The second-order valence-corrected chi connectivity index (χ2v) is 7.23. The molecule has 0 atom stereocenters. The van der Waals surface area contributed by atoms with Crippen LogP contribution in [-0.4, -0.2) is 32.2 Å². The van der Waals surface area contributed by atoms with Crippen LogP contribution in [0.1, 0.15) is 34.6 Å². The number of benzene rings is 1. The number of carbonyl (C=O) groups is 1. The van der Waals surface area contributed by atoms with Crippen LogP contribution in [0.4, 0.5) is 0 Å². The Kier molecular flexibility index (Phi) is 5.51. The first kappa shape index (κ1) is 16.3. The van der Waals surface area contributed by atoms with E-state index in [-0.39, 0.29) is 11.9 Å². The van der Waals surface area contributed by atoms with Crippen LogP contribution >= 0.6 is 23.5 Å². The minimum absolute atomic E-state index is 0.0288. The molecule has 1 saturated heterocycles. The van der Waals surface area contributed by atoms with Crippen molar-refractivity contribution < 1.29 is 9.53 Å². The van der Waals surface area contributed by atoms with Crippen LogP contribution in [-0.2, 0) is 6.61 Å². The van der Waals surface area contributed by atoms with Crippen LogP contribution in [0.25, 0.3) is 0 Å². The molecule has 1 aromatic heterocycles. The van der Waals surface area contributed by atoms with Crippen molar-refractivity contribution in [2.45, 2.75) is 32.4 Å². The summed E-state index contributed by atoms with van der Waals surface area (Å²) in [6.07, 6.45) is 2.09. The van der Waals surface area contributed by atoms with Gasteiger partial charge in [-0.25, -0.2) is 0 Å². The molecule has 0 spiro atoms. The Labute approximate surface area is 144 Å². The molecule has 0 unspecified atom stereocenters. The molecule has 0 bridgehead atoms. The van der Waals surface area contributed by atoms with Crippen LogP contribution in [0, 0.1) is 6.92 Å². The number of amides is 1. The lowest BCUT2D eigenvalue weighted by molar-refractivity contribution is 0.0934. The molecule has 23 heavy (non-hydrogen) atoms. The van der Waals surface area contributed by atoms with Crippen molar-refractivity contribution in [2.75, 3.05) is 11.5 Å². The summed E-state index contributed by atoms with van der Waals surface area (Å²) in [6.45, 7) is 2.28. The lowest BCUT2D eigenvalue weighted by Gasteiger charge is -2.22. The average molecular weight is 349 g/mol. The highest BCUT2D eigenvalue weighted by Gasteiger charge is 2.17. The van der Waals surface area contributed by atoms with Crippen LogP contribution in [0.2, 0.25) is 0 Å². The van der Waals surface area contributed by atoms with Gasteiger partial charge in [0.25, 0.3) is 5.91 Å². The van der Waals surface area contributed by atoms with Crippen LogP contribution in [0.5, 0.6) is 5.75 Å². The van der Waals surface area contributed by atoms with Crippen molar-refractivity contribution >= 4 is 29.4 Å². The Morgan fingerprint density at radius 2 is 2.17 bits per heavy atom. The summed E-state index contributed by atoms with van der Waals surface area (Å²) in [6, 6.07) is 7.57. The van der Waals surface area contributed by atoms with Crippen molar-refractivity contribution in [1.82, 2.24) is 14.1 Å². The van der Waals surface area contributed by atoms with E-state index in [1.165, 1.54) is 11.7 Å². The van der Waals surface area contributed by atoms with Crippen molar-refractivity contribution in [2.24, 2.45) is 0 Å². The highest BCUT2D eigenvalue weighted by molar-refractivity contribution is 7.99. The standard InChI is InChI=1S/C16H19N3O2S2/c1-11-15(19-23-18-11)10-21-14-4-2-3-12(9-14)16(20)17-13-5-7-22-8-6-13/h2-4,9,13H,5-8,10H2,1H3,(H,17,20). The molecule has 7 heteroatoms. The van der Waals surface area contributed by atoms with E-state index < -0.39 is 0 Å². The molecule has 122 valence electrons. The quantitative estimate of drug-likeness (QED) is 0.899. The Bertz CT molecular complexity index is 669. The summed E-state index contributed by atoms with van der Waals surface area (Å²) in [5.74, 6) is 2.88. The lowest BCUT2D eigenvalue weighted by atomic mass is 10.1. The van der Waals surface area contributed by atoms with Gasteiger partial charge in [0.15, 0.2) is 0 Å². The molecule has 1 N–H and O–H groups in total. The zero-order valence-electron chi connectivity index (χ0n) is 12.9. The molecule has 1 fully saturated rings. The third kappa shape index (κ3) is 4.45. The summed E-state index contributed by atoms with van der Waals surface area (Å²) in [4.78, 5) is 12.4. The summed E-state index contributed by atoms with van der Waals surface area (Å²) in [7, 11) is 0. The van der Waals surface area contributed by atoms with Crippen molar-refractivity contribution in [3.05, 3.63) is 41.2 Å². The maximum atomic E-state index is 12.4. The number of thioether (sulfide) groups is 1. The summed E-state index contributed by atoms with van der Waals surface area (Å²) < 4.78 is 14.0. The van der Waals surface area contributed by atoms with Gasteiger partial charge in [-0.05, 0) is 49.5 Å². The van der Waals surface area contributed by atoms with Crippen LogP contribution in [0.3, 0.4) is 0 Å². The minimum Gasteiger partial charge on any atom is -0.487 e. The first-order valence-corrected chi connectivity index (χ1v) is 9.50. The fourth-order valence-corrected chi connectivity index (χ4v) is 4.03. The number of aromatic nitrogens is 2. The molecule has 1 amide bonds. The third-order valence-corrected chi connectivity index (χ3v) is 5.48. The second-order valence-electron chi connectivity index (χ2n) is 5.47. The van der Waals surface area contributed by atoms with E-state index in [1.54, 1.807) is 6.07 Å². The predicted molar refractivity (Wildman–Crippen MR) is 93.2 cm³/mol. The summed E-state index contributed by atoms with van der Waals surface area (Å²) >= 11 is 3.13. The van der Waals surface area contributed by atoms with Gasteiger partial charge < -0.3 is 10.1 Å². The number of carbonyl (C=O) groups excluding carboxylic acids is 1. The zero-order valence-corrected chi connectivity index (χ0v) is 14.6. The normalized spacial score (nSPS) is 15.3. The molecule has 0 radical (unpaired) electrons. The minimum atomic E-state index is -0.0288. The third-order valence-electron chi connectivity index (χ3n) is 3.77. The number of hydrogen-bond acceptors (Lipinski definition) is 6. The van der Waals surface area contributed by atoms with E-state index in [2.05, 4.69) is 14.1 Å². The molecule has 0 aliphatic carbocycles. The Morgan fingerprint density at radius 3 is 2.91 bits per heavy atom. The SMILES string of the molecule is Cc1nsnc1COc1cccc(C(=O)NC2CCSCC2)c1. The van der Waals surface area contributed by atoms with E-state index in [0.29, 0.717) is 17.9 Å². The summed E-state index contributed by atoms with van der Waals surface area (Å²) in [5.41, 5.74) is 2.36. The van der Waals surface area contributed by atoms with Gasteiger partial charge in [-0.15, -0.1) is 0 Å². The fraction of sp³-hybridized carbons (Fsp3) is 0.438. The number of nitrogens with zero attached hydrogens (tertiary/aromatic N) is 2. The highest BCUT2D eigenvalue weighted by atomic mass is 32.2. The molecule has 1 aliphatic rings. The predicted octanol–water partition coefficient (Wildman–Crippen LogP) is 3.05. The van der Waals surface area contributed by atoms with Crippen molar-refractivity contribution in [3.8, 4) is 5.75 Å². The highest BCUT2D eigenvalue weighted by Crippen LogP contribution is 2.19.